The van der Waals surface area contributed by atoms with Crippen LogP contribution < -0.4 is 0 Å². The van der Waals surface area contributed by atoms with Gasteiger partial charge in [-0.15, -0.1) is 0 Å². The average molecular weight is 166 g/mol. The van der Waals surface area contributed by atoms with Gasteiger partial charge in [0, 0.05) is 19.0 Å². The lowest BCUT2D eigenvalue weighted by atomic mass is 10.2. The first-order valence-corrected chi connectivity index (χ1v) is 3.53. The van der Waals surface area contributed by atoms with Crippen LogP contribution >= 0.6 is 0 Å². The number of rotatable bonds is 1. The van der Waals surface area contributed by atoms with Gasteiger partial charge in [0.2, 0.25) is 0 Å². The van der Waals surface area contributed by atoms with E-state index in [4.69, 9.17) is 5.11 Å². The van der Waals surface area contributed by atoms with E-state index in [9.17, 15) is 9.59 Å². The van der Waals surface area contributed by atoms with E-state index in [1.807, 2.05) is 0 Å². The van der Waals surface area contributed by atoms with E-state index >= 15 is 0 Å². The Bertz CT molecular complexity index is 367. The molecule has 62 valence electrons. The van der Waals surface area contributed by atoms with E-state index in [0.717, 1.165) is 0 Å². The number of aryl methyl sites for hydroxylation is 1. The molecule has 0 saturated carbocycles. The van der Waals surface area contributed by atoms with Crippen LogP contribution in [0.25, 0.3) is 0 Å². The molecule has 5 heteroatoms. The van der Waals surface area contributed by atoms with Crippen molar-refractivity contribution in [2.45, 2.75) is 13.0 Å². The molecular weight excluding hydrogens is 160 g/mol. The second-order valence-corrected chi connectivity index (χ2v) is 2.62. The highest BCUT2D eigenvalue weighted by molar-refractivity contribution is 5.98. The maximum Gasteiger partial charge on any atom is 0.356 e. The molecule has 1 aromatic heterocycles. The molecule has 1 aromatic rings. The summed E-state index contributed by atoms with van der Waals surface area (Å²) >= 11 is 0. The molecule has 0 atom stereocenters. The Morgan fingerprint density at radius 1 is 1.67 bits per heavy atom. The van der Waals surface area contributed by atoms with Crippen molar-refractivity contribution in [2.24, 2.45) is 0 Å². The standard InChI is InChI=1S/C7H6N2O3/c10-6-1-2-9-5(6)3-4(8-9)7(11)12/h3H,1-2H2,(H,11,12). The summed E-state index contributed by atoms with van der Waals surface area (Å²) in [6.07, 6.45) is 0.433. The largest absolute Gasteiger partial charge is 0.476 e. The van der Waals surface area contributed by atoms with Crippen LogP contribution in [-0.2, 0) is 6.54 Å². The van der Waals surface area contributed by atoms with E-state index < -0.39 is 5.97 Å². The number of aromatic carboxylic acids is 1. The number of ketones is 1. The SMILES string of the molecule is O=C(O)c1cc2n(n1)CCC2=O. The summed E-state index contributed by atoms with van der Waals surface area (Å²) < 4.78 is 1.44. The first-order valence-electron chi connectivity index (χ1n) is 3.53. The normalized spacial score (nSPS) is 14.8. The molecule has 0 unspecified atom stereocenters. The fourth-order valence-corrected chi connectivity index (χ4v) is 1.25. The number of Topliss-reactive ketones (excluding diaryl/α,β-unsaturated/α-hetero) is 1. The number of carboxylic acids is 1. The molecule has 0 bridgehead atoms. The Labute approximate surface area is 67.6 Å². The van der Waals surface area contributed by atoms with Gasteiger partial charge in [0.15, 0.2) is 11.5 Å². The summed E-state index contributed by atoms with van der Waals surface area (Å²) in [7, 11) is 0. The molecule has 1 N–H and O–H groups in total. The van der Waals surface area contributed by atoms with Gasteiger partial charge in [0.25, 0.3) is 0 Å². The van der Waals surface area contributed by atoms with Gasteiger partial charge in [-0.25, -0.2) is 4.79 Å². The highest BCUT2D eigenvalue weighted by atomic mass is 16.4. The Balaban J connectivity index is 2.49. The van der Waals surface area contributed by atoms with Gasteiger partial charge in [0.05, 0.1) is 0 Å². The lowest BCUT2D eigenvalue weighted by molar-refractivity contribution is 0.0689. The first kappa shape index (κ1) is 7.02. The second-order valence-electron chi connectivity index (χ2n) is 2.62. The Morgan fingerprint density at radius 3 is 3.00 bits per heavy atom. The number of nitrogens with zero attached hydrogens (tertiary/aromatic N) is 2. The molecule has 2 heterocycles. The quantitative estimate of drug-likeness (QED) is 0.645. The van der Waals surface area contributed by atoms with Gasteiger partial charge < -0.3 is 5.11 Å². The van der Waals surface area contributed by atoms with Crippen molar-refractivity contribution in [1.29, 1.82) is 0 Å². The lowest BCUT2D eigenvalue weighted by Crippen LogP contribution is -2.00. The predicted molar refractivity (Wildman–Crippen MR) is 38.1 cm³/mol. The molecule has 0 radical (unpaired) electrons. The maximum absolute atomic E-state index is 11.0. The van der Waals surface area contributed by atoms with Gasteiger partial charge >= 0.3 is 5.97 Å². The van der Waals surface area contributed by atoms with Crippen LogP contribution in [0.4, 0.5) is 0 Å². The van der Waals surface area contributed by atoms with Crippen molar-refractivity contribution in [3.63, 3.8) is 0 Å². The molecule has 0 fully saturated rings. The van der Waals surface area contributed by atoms with Crippen molar-refractivity contribution in [3.05, 3.63) is 17.5 Å². The van der Waals surface area contributed by atoms with E-state index in [-0.39, 0.29) is 11.5 Å². The molecule has 2 rings (SSSR count). The summed E-state index contributed by atoms with van der Waals surface area (Å²) in [5.41, 5.74) is 0.352. The van der Waals surface area contributed by atoms with Crippen LogP contribution in [0.1, 0.15) is 27.4 Å². The molecule has 12 heavy (non-hydrogen) atoms. The van der Waals surface area contributed by atoms with Gasteiger partial charge in [-0.3, -0.25) is 9.48 Å². The minimum Gasteiger partial charge on any atom is -0.476 e. The Kier molecular flexibility index (Phi) is 1.27. The zero-order chi connectivity index (χ0) is 8.72. The van der Waals surface area contributed by atoms with Crippen molar-refractivity contribution >= 4 is 11.8 Å². The number of aromatic nitrogens is 2. The van der Waals surface area contributed by atoms with Crippen LogP contribution in [0, 0.1) is 0 Å². The van der Waals surface area contributed by atoms with E-state index in [1.165, 1.54) is 10.7 Å². The summed E-state index contributed by atoms with van der Waals surface area (Å²) in [5, 5.41) is 12.3. The molecule has 1 aliphatic heterocycles. The number of fused-ring (bicyclic) bond motifs is 1. The molecule has 0 amide bonds. The third kappa shape index (κ3) is 0.827. The van der Waals surface area contributed by atoms with Gasteiger partial charge in [-0.2, -0.15) is 5.10 Å². The number of carboxylic acid groups (broad SMARTS) is 1. The number of carbonyl (C=O) groups is 2. The minimum absolute atomic E-state index is 0.0324. The van der Waals surface area contributed by atoms with Crippen molar-refractivity contribution in [3.8, 4) is 0 Å². The van der Waals surface area contributed by atoms with Gasteiger partial charge in [-0.05, 0) is 0 Å². The number of hydrogen-bond acceptors (Lipinski definition) is 3. The van der Waals surface area contributed by atoms with Crippen molar-refractivity contribution in [2.75, 3.05) is 0 Å². The maximum atomic E-state index is 11.0. The van der Waals surface area contributed by atoms with Crippen molar-refractivity contribution in [1.82, 2.24) is 9.78 Å². The predicted octanol–water partition coefficient (Wildman–Crippen LogP) is 0.168. The molecule has 0 saturated heterocycles. The van der Waals surface area contributed by atoms with Crippen LogP contribution in [0.2, 0.25) is 0 Å². The van der Waals surface area contributed by atoms with E-state index in [1.54, 1.807) is 0 Å². The molecule has 5 nitrogen and oxygen atoms in total. The fourth-order valence-electron chi connectivity index (χ4n) is 1.25. The summed E-state index contributed by atoms with van der Waals surface area (Å²) in [6.45, 7) is 0.501. The van der Waals surface area contributed by atoms with Crippen LogP contribution in [0.5, 0.6) is 0 Å². The molecule has 0 spiro atoms. The zero-order valence-corrected chi connectivity index (χ0v) is 6.15. The Hall–Kier alpha value is -1.65. The average Bonchev–Trinajstić information content (AvgIpc) is 2.53. The van der Waals surface area contributed by atoms with Crippen molar-refractivity contribution < 1.29 is 14.7 Å². The number of carbonyl (C=O) groups excluding carboxylic acids is 1. The highest BCUT2D eigenvalue weighted by Crippen LogP contribution is 2.14. The second kappa shape index (κ2) is 2.17. The third-order valence-corrected chi connectivity index (χ3v) is 1.84. The van der Waals surface area contributed by atoms with Gasteiger partial charge in [0.1, 0.15) is 5.69 Å². The molecule has 1 aliphatic rings. The molecule has 0 aromatic carbocycles. The summed E-state index contributed by atoms with van der Waals surface area (Å²) in [6, 6.07) is 1.32. The van der Waals surface area contributed by atoms with E-state index in [2.05, 4.69) is 5.10 Å². The minimum atomic E-state index is -1.09. The zero-order valence-electron chi connectivity index (χ0n) is 6.15. The van der Waals surface area contributed by atoms with Crippen LogP contribution in [0.3, 0.4) is 0 Å². The van der Waals surface area contributed by atoms with Crippen LogP contribution in [-0.4, -0.2) is 26.6 Å². The summed E-state index contributed by atoms with van der Waals surface area (Å²) in [5.74, 6) is -1.13. The lowest BCUT2D eigenvalue weighted by Gasteiger charge is -1.88. The first-order chi connectivity index (χ1) is 5.68. The number of hydrogen-bond donors (Lipinski definition) is 1. The molecule has 0 aliphatic carbocycles. The van der Waals surface area contributed by atoms with E-state index in [0.29, 0.717) is 18.7 Å². The third-order valence-electron chi connectivity index (χ3n) is 1.84. The Morgan fingerprint density at radius 2 is 2.42 bits per heavy atom. The smallest absolute Gasteiger partial charge is 0.356 e. The van der Waals surface area contributed by atoms with Crippen LogP contribution in [0.15, 0.2) is 6.07 Å². The topological polar surface area (TPSA) is 72.2 Å². The summed E-state index contributed by atoms with van der Waals surface area (Å²) in [4.78, 5) is 21.5. The van der Waals surface area contributed by atoms with Gasteiger partial charge in [-0.1, -0.05) is 0 Å². The highest BCUT2D eigenvalue weighted by Gasteiger charge is 2.23. The monoisotopic (exact) mass is 166 g/mol. The fraction of sp³-hybridized carbons (Fsp3) is 0.286. The molecular formula is C7H6N2O3.